The molecule has 0 saturated carbocycles. The van der Waals surface area contributed by atoms with E-state index in [1.165, 1.54) is 16.3 Å². The van der Waals surface area contributed by atoms with Crippen LogP contribution < -0.4 is 10.6 Å². The molecule has 2 N–H and O–H groups in total. The molecule has 27 heavy (non-hydrogen) atoms. The zero-order valence-corrected chi connectivity index (χ0v) is 15.5. The van der Waals surface area contributed by atoms with Gasteiger partial charge in [0.2, 0.25) is 0 Å². The number of piperidine rings is 1. The normalized spacial score (nSPS) is 18.0. The van der Waals surface area contributed by atoms with Crippen LogP contribution in [0, 0.1) is 0 Å². The first-order chi connectivity index (χ1) is 13.2. The van der Waals surface area contributed by atoms with Gasteiger partial charge in [0.1, 0.15) is 0 Å². The van der Waals surface area contributed by atoms with Crippen LogP contribution in [-0.2, 0) is 6.42 Å². The Morgan fingerprint density at radius 1 is 1.07 bits per heavy atom. The van der Waals surface area contributed by atoms with E-state index >= 15 is 0 Å². The van der Waals surface area contributed by atoms with Crippen molar-refractivity contribution >= 4 is 22.8 Å². The van der Waals surface area contributed by atoms with E-state index in [-0.39, 0.29) is 18.1 Å². The highest BCUT2D eigenvalue weighted by Gasteiger charge is 2.31. The van der Waals surface area contributed by atoms with Crippen molar-refractivity contribution in [3.05, 3.63) is 48.0 Å². The van der Waals surface area contributed by atoms with Gasteiger partial charge in [-0.25, -0.2) is 9.59 Å². The van der Waals surface area contributed by atoms with E-state index in [2.05, 4.69) is 47.0 Å². The van der Waals surface area contributed by atoms with Crippen molar-refractivity contribution in [1.29, 1.82) is 0 Å². The topological polar surface area (TPSA) is 64.7 Å². The lowest BCUT2D eigenvalue weighted by Gasteiger charge is -2.36. The number of carbonyl (C=O) groups excluding carboxylic acids is 2. The minimum atomic E-state index is -0.000407. The molecule has 0 radical (unpaired) electrons. The molecule has 2 aromatic carbocycles. The molecule has 4 amide bonds. The van der Waals surface area contributed by atoms with Gasteiger partial charge in [-0.15, -0.1) is 0 Å². The molecule has 0 unspecified atom stereocenters. The predicted molar refractivity (Wildman–Crippen MR) is 106 cm³/mol. The zero-order chi connectivity index (χ0) is 18.6. The van der Waals surface area contributed by atoms with Gasteiger partial charge in [0, 0.05) is 38.8 Å². The number of hydrogen-bond donors (Lipinski definition) is 2. The summed E-state index contributed by atoms with van der Waals surface area (Å²) in [5.74, 6) is 0. The van der Waals surface area contributed by atoms with Gasteiger partial charge < -0.3 is 20.4 Å². The van der Waals surface area contributed by atoms with Crippen LogP contribution in [0.15, 0.2) is 42.5 Å². The van der Waals surface area contributed by atoms with Gasteiger partial charge in [0.15, 0.2) is 0 Å². The fraction of sp³-hybridized carbons (Fsp3) is 0.429. The van der Waals surface area contributed by atoms with Crippen molar-refractivity contribution in [2.24, 2.45) is 0 Å². The number of likely N-dealkylation sites (tertiary alicyclic amines) is 1. The lowest BCUT2D eigenvalue weighted by molar-refractivity contribution is 0.141. The molecule has 2 heterocycles. The number of rotatable bonds is 4. The van der Waals surface area contributed by atoms with Crippen molar-refractivity contribution in [3.8, 4) is 0 Å². The Kier molecular flexibility index (Phi) is 5.14. The monoisotopic (exact) mass is 366 g/mol. The molecular formula is C21H26N4O2. The number of amides is 4. The van der Waals surface area contributed by atoms with Gasteiger partial charge in [-0.1, -0.05) is 42.5 Å². The molecule has 2 aromatic rings. The predicted octanol–water partition coefficient (Wildman–Crippen LogP) is 2.58. The van der Waals surface area contributed by atoms with Crippen LogP contribution in [0.25, 0.3) is 10.8 Å². The first-order valence-corrected chi connectivity index (χ1v) is 9.76. The number of nitrogens with one attached hydrogen (secondary N) is 2. The van der Waals surface area contributed by atoms with E-state index < -0.39 is 0 Å². The summed E-state index contributed by atoms with van der Waals surface area (Å²) in [6, 6.07) is 14.9. The van der Waals surface area contributed by atoms with Crippen molar-refractivity contribution < 1.29 is 9.59 Å². The quantitative estimate of drug-likeness (QED) is 0.874. The highest BCUT2D eigenvalue weighted by Crippen LogP contribution is 2.20. The summed E-state index contributed by atoms with van der Waals surface area (Å²) >= 11 is 0. The minimum Gasteiger partial charge on any atom is -0.338 e. The van der Waals surface area contributed by atoms with E-state index in [1.54, 1.807) is 0 Å². The van der Waals surface area contributed by atoms with Gasteiger partial charge in [0.25, 0.3) is 0 Å². The Hall–Kier alpha value is -2.76. The van der Waals surface area contributed by atoms with E-state index in [9.17, 15) is 9.59 Å². The molecule has 4 rings (SSSR count). The second-order valence-corrected chi connectivity index (χ2v) is 7.26. The smallest absolute Gasteiger partial charge is 0.317 e. The maximum absolute atomic E-state index is 12.5. The largest absolute Gasteiger partial charge is 0.338 e. The van der Waals surface area contributed by atoms with Gasteiger partial charge in [-0.2, -0.15) is 0 Å². The lowest BCUT2D eigenvalue weighted by atomic mass is 10.0. The molecule has 0 atom stereocenters. The number of benzene rings is 2. The second-order valence-electron chi connectivity index (χ2n) is 7.26. The van der Waals surface area contributed by atoms with Crippen LogP contribution in [0.1, 0.15) is 18.4 Å². The molecule has 6 heteroatoms. The summed E-state index contributed by atoms with van der Waals surface area (Å²) in [6.45, 7) is 3.54. The third-order valence-electron chi connectivity index (χ3n) is 5.63. The summed E-state index contributed by atoms with van der Waals surface area (Å²) < 4.78 is 0. The van der Waals surface area contributed by atoms with Crippen molar-refractivity contribution in [2.45, 2.75) is 25.3 Å². The van der Waals surface area contributed by atoms with Crippen molar-refractivity contribution in [3.63, 3.8) is 0 Å². The lowest BCUT2D eigenvalue weighted by Crippen LogP contribution is -2.50. The summed E-state index contributed by atoms with van der Waals surface area (Å²) in [5.41, 5.74) is 1.26. The SMILES string of the molecule is O=C(NCCc1cccc2ccccc12)N1CCC(N2CCNC2=O)CC1. The third kappa shape index (κ3) is 3.84. The van der Waals surface area contributed by atoms with Gasteiger partial charge in [-0.3, -0.25) is 0 Å². The Labute approximate surface area is 159 Å². The molecular weight excluding hydrogens is 340 g/mol. The van der Waals surface area contributed by atoms with E-state index in [0.717, 1.165) is 32.4 Å². The summed E-state index contributed by atoms with van der Waals surface area (Å²) in [5, 5.41) is 8.38. The fourth-order valence-electron chi connectivity index (χ4n) is 4.14. The Morgan fingerprint density at radius 2 is 1.85 bits per heavy atom. The highest BCUT2D eigenvalue weighted by molar-refractivity contribution is 5.85. The van der Waals surface area contributed by atoms with Gasteiger partial charge >= 0.3 is 12.1 Å². The average molecular weight is 366 g/mol. The van der Waals surface area contributed by atoms with Crippen molar-refractivity contribution in [2.75, 3.05) is 32.7 Å². The van der Waals surface area contributed by atoms with Crippen LogP contribution in [0.3, 0.4) is 0 Å². The van der Waals surface area contributed by atoms with E-state index in [0.29, 0.717) is 19.6 Å². The summed E-state index contributed by atoms with van der Waals surface area (Å²) in [6.07, 6.45) is 2.52. The van der Waals surface area contributed by atoms with Crippen molar-refractivity contribution in [1.82, 2.24) is 20.4 Å². The standard InChI is InChI=1S/C21H26N4O2/c26-20(24-13-9-18(10-14-24)25-15-12-23-21(25)27)22-11-8-17-6-3-5-16-4-1-2-7-19(16)17/h1-7,18H,8-15H2,(H,22,26)(H,23,27). The molecule has 2 fully saturated rings. The Bertz CT molecular complexity index is 825. The first-order valence-electron chi connectivity index (χ1n) is 9.76. The zero-order valence-electron chi connectivity index (χ0n) is 15.5. The number of nitrogens with zero attached hydrogens (tertiary/aromatic N) is 2. The minimum absolute atomic E-state index is 0.000407. The number of hydrogen-bond acceptors (Lipinski definition) is 2. The van der Waals surface area contributed by atoms with E-state index in [4.69, 9.17) is 0 Å². The van der Waals surface area contributed by atoms with Crippen LogP contribution in [-0.4, -0.2) is 60.6 Å². The molecule has 0 aromatic heterocycles. The van der Waals surface area contributed by atoms with Crippen LogP contribution >= 0.6 is 0 Å². The van der Waals surface area contributed by atoms with E-state index in [1.807, 2.05) is 15.9 Å². The molecule has 2 saturated heterocycles. The van der Waals surface area contributed by atoms with Gasteiger partial charge in [0.05, 0.1) is 0 Å². The summed E-state index contributed by atoms with van der Waals surface area (Å²) in [4.78, 5) is 28.0. The molecule has 2 aliphatic heterocycles. The van der Waals surface area contributed by atoms with Crippen LogP contribution in [0.4, 0.5) is 9.59 Å². The molecule has 2 aliphatic rings. The molecule has 0 aliphatic carbocycles. The maximum Gasteiger partial charge on any atom is 0.317 e. The van der Waals surface area contributed by atoms with Gasteiger partial charge in [-0.05, 0) is 35.6 Å². The Balaban J connectivity index is 1.26. The maximum atomic E-state index is 12.5. The van der Waals surface area contributed by atoms with Crippen LogP contribution in [0.5, 0.6) is 0 Å². The second kappa shape index (κ2) is 7.86. The number of carbonyl (C=O) groups is 2. The third-order valence-corrected chi connectivity index (χ3v) is 5.63. The van der Waals surface area contributed by atoms with Crippen LogP contribution in [0.2, 0.25) is 0 Å². The average Bonchev–Trinajstić information content (AvgIpc) is 3.14. The number of urea groups is 2. The number of fused-ring (bicyclic) bond motifs is 1. The summed E-state index contributed by atoms with van der Waals surface area (Å²) in [7, 11) is 0. The fourth-order valence-corrected chi connectivity index (χ4v) is 4.14. The Morgan fingerprint density at radius 3 is 2.63 bits per heavy atom. The molecule has 0 spiro atoms. The molecule has 142 valence electrons. The first kappa shape index (κ1) is 17.6. The molecule has 0 bridgehead atoms. The highest BCUT2D eigenvalue weighted by atomic mass is 16.2. The molecule has 6 nitrogen and oxygen atoms in total.